The number of rotatable bonds is 3. The molecular weight excluding hydrogens is 403 g/mol. The number of fused-ring (bicyclic) bond motifs is 1. The van der Waals surface area contributed by atoms with E-state index in [2.05, 4.69) is 4.98 Å². The van der Waals surface area contributed by atoms with Crippen molar-refractivity contribution in [3.63, 3.8) is 0 Å². The van der Waals surface area contributed by atoms with Crippen LogP contribution in [0.3, 0.4) is 0 Å². The molecule has 0 spiro atoms. The van der Waals surface area contributed by atoms with E-state index in [4.69, 9.17) is 0 Å². The predicted octanol–water partition coefficient (Wildman–Crippen LogP) is 6.73. The molecule has 5 rings (SSSR count). The number of nitrogens with zero attached hydrogens (tertiary/aromatic N) is 1. The number of thiazole rings is 1. The van der Waals surface area contributed by atoms with Crippen molar-refractivity contribution >= 4 is 11.3 Å². The van der Waals surface area contributed by atoms with Crippen LogP contribution in [0.25, 0.3) is 0 Å². The summed E-state index contributed by atoms with van der Waals surface area (Å²) in [5.74, 6) is 0. The topological polar surface area (TPSA) is 12.9 Å². The third kappa shape index (κ3) is 2.51. The van der Waals surface area contributed by atoms with Crippen LogP contribution in [-0.4, -0.2) is 11.2 Å². The molecule has 1 aliphatic carbocycles. The largest absolute Gasteiger partial charge is 0.402 e. The Bertz CT molecular complexity index is 1160. The maximum atomic E-state index is 15.1. The second-order valence-electron chi connectivity index (χ2n) is 7.60. The van der Waals surface area contributed by atoms with Crippen molar-refractivity contribution < 1.29 is 13.2 Å². The van der Waals surface area contributed by atoms with E-state index in [1.165, 1.54) is 11.3 Å². The summed E-state index contributed by atoms with van der Waals surface area (Å²) in [6.45, 7) is 0. The molecule has 0 fully saturated rings. The first-order valence-electron chi connectivity index (χ1n) is 9.68. The predicted molar refractivity (Wildman–Crippen MR) is 113 cm³/mol. The Labute approximate surface area is 176 Å². The van der Waals surface area contributed by atoms with Crippen molar-refractivity contribution in [2.45, 2.75) is 23.4 Å². The Balaban J connectivity index is 1.91. The molecule has 150 valence electrons. The fourth-order valence-electron chi connectivity index (χ4n) is 4.94. The lowest BCUT2D eigenvalue weighted by Gasteiger charge is -2.36. The number of hydrogen-bond acceptors (Lipinski definition) is 2. The van der Waals surface area contributed by atoms with Crippen molar-refractivity contribution in [3.05, 3.63) is 124 Å². The Morgan fingerprint density at radius 3 is 1.87 bits per heavy atom. The molecule has 5 heteroatoms. The van der Waals surface area contributed by atoms with E-state index < -0.39 is 17.0 Å². The Kier molecular flexibility index (Phi) is 4.33. The van der Waals surface area contributed by atoms with Crippen LogP contribution in [0.4, 0.5) is 13.2 Å². The molecule has 1 heterocycles. The highest BCUT2D eigenvalue weighted by Crippen LogP contribution is 2.63. The lowest BCUT2D eigenvalue weighted by molar-refractivity contribution is -0.179. The monoisotopic (exact) mass is 421 g/mol. The normalized spacial score (nSPS) is 23.3. The second kappa shape index (κ2) is 6.81. The fraction of sp³-hybridized carbons (Fsp3) is 0.160. The van der Waals surface area contributed by atoms with Crippen molar-refractivity contribution in [3.8, 4) is 0 Å². The van der Waals surface area contributed by atoms with Gasteiger partial charge in [0, 0.05) is 11.6 Å². The highest BCUT2D eigenvalue weighted by atomic mass is 32.1. The van der Waals surface area contributed by atoms with Gasteiger partial charge in [0.2, 0.25) is 0 Å². The minimum Gasteiger partial charge on any atom is -0.248 e. The van der Waals surface area contributed by atoms with Crippen LogP contribution in [0.15, 0.2) is 96.5 Å². The van der Waals surface area contributed by atoms with Crippen LogP contribution in [0.2, 0.25) is 0 Å². The first-order chi connectivity index (χ1) is 14.5. The summed E-state index contributed by atoms with van der Waals surface area (Å²) >= 11 is 1.41. The summed E-state index contributed by atoms with van der Waals surface area (Å²) in [6.07, 6.45) is -2.95. The highest BCUT2D eigenvalue weighted by molar-refractivity contribution is 7.09. The minimum absolute atomic E-state index is 0.148. The lowest BCUT2D eigenvalue weighted by Crippen LogP contribution is -2.43. The highest BCUT2D eigenvalue weighted by Gasteiger charge is 2.67. The van der Waals surface area contributed by atoms with Gasteiger partial charge >= 0.3 is 6.18 Å². The molecule has 30 heavy (non-hydrogen) atoms. The van der Waals surface area contributed by atoms with Gasteiger partial charge in [0.05, 0.1) is 5.41 Å². The summed E-state index contributed by atoms with van der Waals surface area (Å²) in [5.41, 5.74) is -1.02. The van der Waals surface area contributed by atoms with Gasteiger partial charge in [0.15, 0.2) is 0 Å². The number of alkyl halides is 3. The first-order valence-corrected chi connectivity index (χ1v) is 10.6. The van der Waals surface area contributed by atoms with Crippen molar-refractivity contribution in [1.29, 1.82) is 0 Å². The first kappa shape index (κ1) is 19.1. The van der Waals surface area contributed by atoms with E-state index in [-0.39, 0.29) is 12.0 Å². The minimum atomic E-state index is -4.47. The summed E-state index contributed by atoms with van der Waals surface area (Å²) < 4.78 is 45.2. The van der Waals surface area contributed by atoms with E-state index in [0.29, 0.717) is 16.1 Å². The molecule has 0 saturated heterocycles. The summed E-state index contributed by atoms with van der Waals surface area (Å²) in [5, 5.41) is 2.52. The Hall–Kier alpha value is -2.92. The van der Waals surface area contributed by atoms with E-state index >= 15 is 13.2 Å². The third-order valence-corrected chi connectivity index (χ3v) is 7.13. The quantitative estimate of drug-likeness (QED) is 0.357. The zero-order valence-corrected chi connectivity index (χ0v) is 16.8. The van der Waals surface area contributed by atoms with Crippen LogP contribution >= 0.6 is 11.3 Å². The number of halogens is 3. The molecule has 4 aromatic rings. The van der Waals surface area contributed by atoms with E-state index in [1.807, 2.05) is 47.8 Å². The van der Waals surface area contributed by atoms with E-state index in [1.54, 1.807) is 48.7 Å². The van der Waals surface area contributed by atoms with Crippen LogP contribution in [0.5, 0.6) is 0 Å². The molecule has 1 aliphatic rings. The second-order valence-corrected chi connectivity index (χ2v) is 8.49. The molecule has 2 unspecified atom stereocenters. The maximum absolute atomic E-state index is 15.1. The average molecular weight is 421 g/mol. The van der Waals surface area contributed by atoms with E-state index in [0.717, 1.165) is 5.56 Å². The molecule has 0 aliphatic heterocycles. The van der Waals surface area contributed by atoms with Crippen molar-refractivity contribution in [1.82, 2.24) is 4.98 Å². The Morgan fingerprint density at radius 1 is 0.733 bits per heavy atom. The molecular formula is C25H18F3NS. The van der Waals surface area contributed by atoms with Crippen LogP contribution in [-0.2, 0) is 10.8 Å². The number of hydrogen-bond donors (Lipinski definition) is 0. The van der Waals surface area contributed by atoms with Crippen molar-refractivity contribution in [2.24, 2.45) is 0 Å². The maximum Gasteiger partial charge on any atom is 0.402 e. The SMILES string of the molecule is FC(F)(F)C1(c2ccccc2)CC(c2ccccc2)(c2nccs2)c2ccccc21. The van der Waals surface area contributed by atoms with E-state index in [9.17, 15) is 0 Å². The third-order valence-electron chi connectivity index (χ3n) is 6.19. The molecule has 0 bridgehead atoms. The van der Waals surface area contributed by atoms with Gasteiger partial charge in [-0.2, -0.15) is 13.2 Å². The van der Waals surface area contributed by atoms with Crippen molar-refractivity contribution in [2.75, 3.05) is 0 Å². The zero-order chi connectivity index (χ0) is 20.8. The molecule has 2 atom stereocenters. The zero-order valence-electron chi connectivity index (χ0n) is 15.9. The van der Waals surface area contributed by atoms with Gasteiger partial charge in [-0.1, -0.05) is 84.9 Å². The summed E-state index contributed by atoms with van der Waals surface area (Å²) in [7, 11) is 0. The standard InChI is InChI=1S/C25H18F3NS/c26-25(27,28)24(19-11-5-2-6-12-19)17-23(22-29-15-16-30-22,18-9-3-1-4-10-18)20-13-7-8-14-21(20)24/h1-16H,17H2. The van der Waals surface area contributed by atoms with Gasteiger partial charge in [-0.25, -0.2) is 4.98 Å². The van der Waals surface area contributed by atoms with Crippen LogP contribution in [0, 0.1) is 0 Å². The molecule has 0 radical (unpaired) electrons. The van der Waals surface area contributed by atoms with Gasteiger partial charge in [0.25, 0.3) is 0 Å². The van der Waals surface area contributed by atoms with Gasteiger partial charge < -0.3 is 0 Å². The van der Waals surface area contributed by atoms with Gasteiger partial charge in [-0.15, -0.1) is 11.3 Å². The van der Waals surface area contributed by atoms with Crippen LogP contribution in [0.1, 0.15) is 33.7 Å². The lowest BCUT2D eigenvalue weighted by atomic mass is 9.69. The van der Waals surface area contributed by atoms with Gasteiger partial charge in [-0.05, 0) is 28.7 Å². The molecule has 0 saturated carbocycles. The smallest absolute Gasteiger partial charge is 0.248 e. The number of aromatic nitrogens is 1. The summed E-state index contributed by atoms with van der Waals surface area (Å²) in [6, 6.07) is 24.7. The molecule has 0 amide bonds. The average Bonchev–Trinajstić information content (AvgIpc) is 3.41. The number of benzene rings is 3. The van der Waals surface area contributed by atoms with Gasteiger partial charge in [0.1, 0.15) is 10.4 Å². The fourth-order valence-corrected chi connectivity index (χ4v) is 5.81. The molecule has 1 aromatic heterocycles. The molecule has 3 aromatic carbocycles. The molecule has 1 nitrogen and oxygen atoms in total. The summed E-state index contributed by atoms with van der Waals surface area (Å²) in [4.78, 5) is 4.54. The molecule has 0 N–H and O–H groups in total. The Morgan fingerprint density at radius 2 is 1.30 bits per heavy atom. The van der Waals surface area contributed by atoms with Crippen LogP contribution < -0.4 is 0 Å². The van der Waals surface area contributed by atoms with Gasteiger partial charge in [-0.3, -0.25) is 0 Å².